The molecule has 5 heteroatoms. The fraction of sp³-hybridized carbons (Fsp3) is 0.933. The molecule has 1 fully saturated rings. The minimum absolute atomic E-state index is 0.210. The van der Waals surface area contributed by atoms with Crippen molar-refractivity contribution in [1.82, 2.24) is 10.2 Å². The van der Waals surface area contributed by atoms with Gasteiger partial charge < -0.3 is 20.1 Å². The summed E-state index contributed by atoms with van der Waals surface area (Å²) in [4.78, 5) is 13.8. The molecule has 20 heavy (non-hydrogen) atoms. The molecule has 1 amide bonds. The number of piperidine rings is 1. The standard InChI is InChI=1S/C15H30N2O3/c1-5-16-13(8-11-18)12-6-9-17(10-7-12)14(19)20-15(2,3)4/h12-13,16,18H,5-11H2,1-4H3. The number of nitrogens with zero attached hydrogens (tertiary/aromatic N) is 1. The zero-order valence-corrected chi connectivity index (χ0v) is 13.3. The van der Waals surface area contributed by atoms with E-state index in [1.54, 1.807) is 4.90 Å². The van der Waals surface area contributed by atoms with Gasteiger partial charge in [0.1, 0.15) is 5.60 Å². The van der Waals surface area contributed by atoms with Gasteiger partial charge in [-0.05, 0) is 52.5 Å². The van der Waals surface area contributed by atoms with Crippen molar-refractivity contribution in [2.75, 3.05) is 26.2 Å². The highest BCUT2D eigenvalue weighted by atomic mass is 16.6. The van der Waals surface area contributed by atoms with E-state index in [2.05, 4.69) is 12.2 Å². The molecule has 0 aliphatic carbocycles. The Morgan fingerprint density at radius 3 is 2.45 bits per heavy atom. The number of aliphatic hydroxyl groups is 1. The Bertz CT molecular complexity index is 288. The Morgan fingerprint density at radius 1 is 1.40 bits per heavy atom. The van der Waals surface area contributed by atoms with Crippen LogP contribution in [0.2, 0.25) is 0 Å². The van der Waals surface area contributed by atoms with Crippen LogP contribution in [0.5, 0.6) is 0 Å². The molecule has 0 aromatic rings. The molecule has 0 spiro atoms. The third-order valence-electron chi connectivity index (χ3n) is 3.67. The van der Waals surface area contributed by atoms with Crippen LogP contribution in [0.25, 0.3) is 0 Å². The molecule has 1 atom stereocenters. The lowest BCUT2D eigenvalue weighted by Gasteiger charge is -2.36. The smallest absolute Gasteiger partial charge is 0.410 e. The molecule has 2 N–H and O–H groups in total. The largest absolute Gasteiger partial charge is 0.444 e. The minimum atomic E-state index is -0.433. The van der Waals surface area contributed by atoms with Crippen molar-refractivity contribution in [2.45, 2.75) is 58.6 Å². The lowest BCUT2D eigenvalue weighted by atomic mass is 9.88. The maximum atomic E-state index is 12.0. The molecule has 1 unspecified atom stereocenters. The van der Waals surface area contributed by atoms with Crippen molar-refractivity contribution >= 4 is 6.09 Å². The van der Waals surface area contributed by atoms with Crippen molar-refractivity contribution < 1.29 is 14.6 Å². The Hall–Kier alpha value is -0.810. The van der Waals surface area contributed by atoms with Crippen LogP contribution in [0.15, 0.2) is 0 Å². The average molecular weight is 286 g/mol. The predicted molar refractivity (Wildman–Crippen MR) is 79.7 cm³/mol. The van der Waals surface area contributed by atoms with E-state index in [4.69, 9.17) is 9.84 Å². The Kier molecular flexibility index (Phi) is 6.76. The van der Waals surface area contributed by atoms with Gasteiger partial charge in [-0.1, -0.05) is 6.92 Å². The summed E-state index contributed by atoms with van der Waals surface area (Å²) in [6.45, 7) is 10.4. The van der Waals surface area contributed by atoms with E-state index in [0.717, 1.165) is 38.9 Å². The first-order valence-electron chi connectivity index (χ1n) is 7.69. The van der Waals surface area contributed by atoms with Gasteiger partial charge in [-0.15, -0.1) is 0 Å². The molecular formula is C15H30N2O3. The summed E-state index contributed by atoms with van der Waals surface area (Å²) in [5.41, 5.74) is -0.433. The number of ether oxygens (including phenoxy) is 1. The molecule has 0 aromatic carbocycles. The number of nitrogens with one attached hydrogen (secondary N) is 1. The van der Waals surface area contributed by atoms with Gasteiger partial charge in [-0.2, -0.15) is 0 Å². The van der Waals surface area contributed by atoms with E-state index in [-0.39, 0.29) is 12.7 Å². The highest BCUT2D eigenvalue weighted by molar-refractivity contribution is 5.68. The number of aliphatic hydroxyl groups excluding tert-OH is 1. The summed E-state index contributed by atoms with van der Waals surface area (Å²) >= 11 is 0. The fourth-order valence-corrected chi connectivity index (χ4v) is 2.72. The van der Waals surface area contributed by atoms with Crippen LogP contribution in [-0.2, 0) is 4.74 Å². The molecule has 0 radical (unpaired) electrons. The van der Waals surface area contributed by atoms with Crippen molar-refractivity contribution in [3.05, 3.63) is 0 Å². The highest BCUT2D eigenvalue weighted by Crippen LogP contribution is 2.23. The monoisotopic (exact) mass is 286 g/mol. The predicted octanol–water partition coefficient (Wildman–Crippen LogP) is 1.99. The lowest BCUT2D eigenvalue weighted by molar-refractivity contribution is 0.0164. The average Bonchev–Trinajstić information content (AvgIpc) is 2.37. The van der Waals surface area contributed by atoms with E-state index in [1.807, 2.05) is 20.8 Å². The van der Waals surface area contributed by atoms with Crippen LogP contribution in [0, 0.1) is 5.92 Å². The topological polar surface area (TPSA) is 61.8 Å². The molecule has 1 aliphatic heterocycles. The van der Waals surface area contributed by atoms with Crippen LogP contribution < -0.4 is 5.32 Å². The minimum Gasteiger partial charge on any atom is -0.444 e. The molecular weight excluding hydrogens is 256 g/mol. The molecule has 5 nitrogen and oxygen atoms in total. The molecule has 0 aromatic heterocycles. The quantitative estimate of drug-likeness (QED) is 0.811. The summed E-state index contributed by atoms with van der Waals surface area (Å²) in [5, 5.41) is 12.6. The van der Waals surface area contributed by atoms with Crippen molar-refractivity contribution in [1.29, 1.82) is 0 Å². The van der Waals surface area contributed by atoms with Crippen LogP contribution in [0.4, 0.5) is 4.79 Å². The third kappa shape index (κ3) is 5.67. The van der Waals surface area contributed by atoms with Crippen molar-refractivity contribution in [3.8, 4) is 0 Å². The molecule has 1 heterocycles. The molecule has 1 aliphatic rings. The maximum Gasteiger partial charge on any atom is 0.410 e. The number of amides is 1. The second kappa shape index (κ2) is 7.84. The number of carbonyl (C=O) groups excluding carboxylic acids is 1. The van der Waals surface area contributed by atoms with Crippen LogP contribution in [0.1, 0.15) is 47.0 Å². The Morgan fingerprint density at radius 2 is 2.00 bits per heavy atom. The van der Waals surface area contributed by atoms with Crippen LogP contribution >= 0.6 is 0 Å². The van der Waals surface area contributed by atoms with Crippen molar-refractivity contribution in [3.63, 3.8) is 0 Å². The first-order chi connectivity index (χ1) is 9.37. The highest BCUT2D eigenvalue weighted by Gasteiger charge is 2.30. The summed E-state index contributed by atoms with van der Waals surface area (Å²) in [7, 11) is 0. The molecule has 118 valence electrons. The first-order valence-corrected chi connectivity index (χ1v) is 7.69. The maximum absolute atomic E-state index is 12.0. The normalized spacial score (nSPS) is 18.9. The summed E-state index contributed by atoms with van der Waals surface area (Å²) in [6, 6.07) is 0.353. The van der Waals surface area contributed by atoms with Crippen LogP contribution in [0.3, 0.4) is 0 Å². The van der Waals surface area contributed by atoms with Gasteiger partial charge in [0.25, 0.3) is 0 Å². The fourth-order valence-electron chi connectivity index (χ4n) is 2.72. The van der Waals surface area contributed by atoms with E-state index in [0.29, 0.717) is 12.0 Å². The van der Waals surface area contributed by atoms with E-state index in [1.165, 1.54) is 0 Å². The zero-order valence-electron chi connectivity index (χ0n) is 13.3. The van der Waals surface area contributed by atoms with E-state index < -0.39 is 5.60 Å². The van der Waals surface area contributed by atoms with Gasteiger partial charge in [0.05, 0.1) is 0 Å². The van der Waals surface area contributed by atoms with Crippen LogP contribution in [-0.4, -0.2) is 54.0 Å². The third-order valence-corrected chi connectivity index (χ3v) is 3.67. The number of carbonyl (C=O) groups is 1. The van der Waals surface area contributed by atoms with Gasteiger partial charge in [-0.25, -0.2) is 4.79 Å². The molecule has 1 rings (SSSR count). The number of hydrogen-bond donors (Lipinski definition) is 2. The first kappa shape index (κ1) is 17.2. The van der Waals surface area contributed by atoms with Gasteiger partial charge in [0.2, 0.25) is 0 Å². The lowest BCUT2D eigenvalue weighted by Crippen LogP contribution is -2.46. The summed E-state index contributed by atoms with van der Waals surface area (Å²) in [6.07, 6.45) is 2.51. The van der Waals surface area contributed by atoms with Crippen molar-refractivity contribution in [2.24, 2.45) is 5.92 Å². The molecule has 0 saturated carbocycles. The zero-order chi connectivity index (χ0) is 15.2. The van der Waals surface area contributed by atoms with E-state index >= 15 is 0 Å². The summed E-state index contributed by atoms with van der Waals surface area (Å²) < 4.78 is 5.40. The molecule has 1 saturated heterocycles. The summed E-state index contributed by atoms with van der Waals surface area (Å²) in [5.74, 6) is 0.529. The van der Waals surface area contributed by atoms with Gasteiger partial charge in [0.15, 0.2) is 0 Å². The Labute approximate surface area is 122 Å². The number of likely N-dealkylation sites (tertiary alicyclic amines) is 1. The molecule has 0 bridgehead atoms. The number of rotatable bonds is 5. The second-order valence-corrected chi connectivity index (χ2v) is 6.48. The van der Waals surface area contributed by atoms with Gasteiger partial charge in [0, 0.05) is 25.7 Å². The Balaban J connectivity index is 2.44. The SMILES string of the molecule is CCNC(CCO)C1CCN(C(=O)OC(C)(C)C)CC1. The van der Waals surface area contributed by atoms with E-state index in [9.17, 15) is 4.79 Å². The number of hydrogen-bond acceptors (Lipinski definition) is 4. The van der Waals surface area contributed by atoms with Gasteiger partial charge in [-0.3, -0.25) is 0 Å². The second-order valence-electron chi connectivity index (χ2n) is 6.48. The van der Waals surface area contributed by atoms with Gasteiger partial charge >= 0.3 is 6.09 Å².